The largest absolute Gasteiger partial charge is 2.00 e. The van der Waals surface area contributed by atoms with Crippen molar-refractivity contribution in [3.8, 4) is 0 Å². The molecule has 0 aliphatic rings. The second-order valence-electron chi connectivity index (χ2n) is 1.50. The zero-order chi connectivity index (χ0) is 7.44. The van der Waals surface area contributed by atoms with Gasteiger partial charge in [0.2, 0.25) is 0 Å². The Hall–Kier alpha value is -0.291. The summed E-state index contributed by atoms with van der Waals surface area (Å²) in [5.41, 5.74) is 4.73. The number of hydrogen-bond donors (Lipinski definition) is 1. The van der Waals surface area contributed by atoms with E-state index in [2.05, 4.69) is 0 Å². The molecule has 1 radical (unpaired) electrons. The van der Waals surface area contributed by atoms with Crippen LogP contribution in [0.1, 0.15) is 6.42 Å². The minimum Gasteiger partial charge on any atom is -0.550 e. The average molecular weight is 222 g/mol. The van der Waals surface area contributed by atoms with Crippen LogP contribution < -0.4 is 15.9 Å². The fourth-order valence-electron chi connectivity index (χ4n) is 0.263. The van der Waals surface area contributed by atoms with E-state index >= 15 is 0 Å². The SMILES string of the molecule is Cl.N[C@@H](CC(=O)[O-])C(=O)[O-].[Mn+2]. The predicted molar refractivity (Wildman–Crippen MR) is 29.9 cm³/mol. The molecule has 0 saturated heterocycles. The molecule has 0 heterocycles. The van der Waals surface area contributed by atoms with Crippen LogP contribution >= 0.6 is 12.4 Å². The molecule has 0 spiro atoms. The summed E-state index contributed by atoms with van der Waals surface area (Å²) in [4.78, 5) is 19.3. The molecule has 0 aliphatic carbocycles. The van der Waals surface area contributed by atoms with Crippen molar-refractivity contribution in [2.75, 3.05) is 0 Å². The zero-order valence-corrected chi connectivity index (χ0v) is 7.28. The fraction of sp³-hybridized carbons (Fsp3) is 0.500. The van der Waals surface area contributed by atoms with Gasteiger partial charge in [0.05, 0.1) is 5.97 Å². The average Bonchev–Trinajstić information content (AvgIpc) is 1.63. The first-order valence-corrected chi connectivity index (χ1v) is 2.20. The van der Waals surface area contributed by atoms with Gasteiger partial charge in [-0.3, -0.25) is 0 Å². The van der Waals surface area contributed by atoms with E-state index in [0.29, 0.717) is 0 Å². The van der Waals surface area contributed by atoms with Gasteiger partial charge in [0.25, 0.3) is 0 Å². The van der Waals surface area contributed by atoms with E-state index in [-0.39, 0.29) is 29.5 Å². The minimum absolute atomic E-state index is 0. The van der Waals surface area contributed by atoms with Crippen LogP contribution in [0.2, 0.25) is 0 Å². The maximum absolute atomic E-state index is 9.71. The van der Waals surface area contributed by atoms with Crippen molar-refractivity contribution in [3.05, 3.63) is 0 Å². The van der Waals surface area contributed by atoms with Crippen LogP contribution in [-0.2, 0) is 26.7 Å². The monoisotopic (exact) mass is 222 g/mol. The Balaban J connectivity index is -0.000000320. The standard InChI is InChI=1S/C4H7NO4.ClH.Mn/c5-2(4(8)9)1-3(6)7;;/h2H,1,5H2,(H,6,7)(H,8,9);1H;/q;;+2/p-2/t2-;;/m0../s1. The summed E-state index contributed by atoms with van der Waals surface area (Å²) in [6, 6.07) is -1.46. The Labute approximate surface area is 79.8 Å². The molecule has 0 aromatic heterocycles. The summed E-state index contributed by atoms with van der Waals surface area (Å²) < 4.78 is 0. The van der Waals surface area contributed by atoms with Crippen LogP contribution in [0.4, 0.5) is 0 Å². The molecule has 0 aliphatic heterocycles. The number of carboxylic acids is 2. The molecule has 0 rings (SSSR count). The summed E-state index contributed by atoms with van der Waals surface area (Å²) in [6.07, 6.45) is -0.706. The molecule has 11 heavy (non-hydrogen) atoms. The smallest absolute Gasteiger partial charge is 0.550 e. The van der Waals surface area contributed by atoms with Gasteiger partial charge in [-0.25, -0.2) is 0 Å². The number of halogens is 1. The number of carboxylic acid groups (broad SMARTS) is 2. The van der Waals surface area contributed by atoms with E-state index in [0.717, 1.165) is 0 Å². The second kappa shape index (κ2) is 7.81. The number of carbonyl (C=O) groups excluding carboxylic acids is 2. The van der Waals surface area contributed by atoms with E-state index in [4.69, 9.17) is 5.73 Å². The number of rotatable bonds is 3. The van der Waals surface area contributed by atoms with Crippen molar-refractivity contribution >= 4 is 24.3 Å². The zero-order valence-electron chi connectivity index (χ0n) is 5.28. The molecule has 0 fully saturated rings. The molecule has 0 aromatic carbocycles. The maximum Gasteiger partial charge on any atom is 2.00 e. The van der Waals surface area contributed by atoms with E-state index < -0.39 is 24.4 Å². The minimum atomic E-state index is -1.58. The molecule has 0 amide bonds. The van der Waals surface area contributed by atoms with Crippen LogP contribution in [0.3, 0.4) is 0 Å². The van der Waals surface area contributed by atoms with Gasteiger partial charge in [-0.1, -0.05) is 0 Å². The van der Waals surface area contributed by atoms with Crippen LogP contribution in [0.25, 0.3) is 0 Å². The molecular formula is C4H6ClMnNO4. The Morgan fingerprint density at radius 1 is 1.36 bits per heavy atom. The van der Waals surface area contributed by atoms with Crippen molar-refractivity contribution in [2.24, 2.45) is 5.73 Å². The molecule has 0 saturated carbocycles. The third kappa shape index (κ3) is 9.71. The normalized spacial score (nSPS) is 10.3. The van der Waals surface area contributed by atoms with Gasteiger partial charge in [-0.05, 0) is 0 Å². The van der Waals surface area contributed by atoms with Crippen LogP contribution in [-0.4, -0.2) is 18.0 Å². The molecule has 0 unspecified atom stereocenters. The molecule has 0 aromatic rings. The van der Waals surface area contributed by atoms with Gasteiger partial charge < -0.3 is 25.5 Å². The topological polar surface area (TPSA) is 106 Å². The van der Waals surface area contributed by atoms with Gasteiger partial charge in [-0.15, -0.1) is 12.4 Å². The number of hydrogen-bond acceptors (Lipinski definition) is 5. The summed E-state index contributed by atoms with van der Waals surface area (Å²) in [6.45, 7) is 0. The summed E-state index contributed by atoms with van der Waals surface area (Å²) in [5, 5.41) is 19.3. The number of aliphatic carboxylic acids is 2. The summed E-state index contributed by atoms with van der Waals surface area (Å²) in [5.74, 6) is -3.08. The molecule has 7 heteroatoms. The Morgan fingerprint density at radius 2 is 1.73 bits per heavy atom. The molecule has 1 atom stereocenters. The molecular weight excluding hydrogens is 216 g/mol. The Bertz CT molecular complexity index is 142. The van der Waals surface area contributed by atoms with E-state index in [1.54, 1.807) is 0 Å². The van der Waals surface area contributed by atoms with E-state index in [1.807, 2.05) is 0 Å². The second-order valence-corrected chi connectivity index (χ2v) is 1.50. The summed E-state index contributed by atoms with van der Waals surface area (Å²) in [7, 11) is 0. The van der Waals surface area contributed by atoms with Crippen LogP contribution in [0.15, 0.2) is 0 Å². The van der Waals surface area contributed by atoms with Gasteiger partial charge in [0, 0.05) is 18.4 Å². The third-order valence-corrected chi connectivity index (χ3v) is 0.689. The van der Waals surface area contributed by atoms with Crippen LogP contribution in [0, 0.1) is 0 Å². The summed E-state index contributed by atoms with van der Waals surface area (Å²) >= 11 is 0. The van der Waals surface area contributed by atoms with E-state index in [9.17, 15) is 19.8 Å². The van der Waals surface area contributed by atoms with Gasteiger partial charge in [0.15, 0.2) is 0 Å². The predicted octanol–water partition coefficient (Wildman–Crippen LogP) is -3.38. The van der Waals surface area contributed by atoms with Crippen molar-refractivity contribution in [3.63, 3.8) is 0 Å². The van der Waals surface area contributed by atoms with E-state index in [1.165, 1.54) is 0 Å². The first kappa shape index (κ1) is 17.0. The maximum atomic E-state index is 9.71. The van der Waals surface area contributed by atoms with Crippen molar-refractivity contribution < 1.29 is 36.9 Å². The molecule has 2 N–H and O–H groups in total. The van der Waals surface area contributed by atoms with Gasteiger partial charge in [-0.2, -0.15) is 0 Å². The Morgan fingerprint density at radius 3 is 1.82 bits per heavy atom. The quantitative estimate of drug-likeness (QED) is 0.502. The van der Waals surface area contributed by atoms with Gasteiger partial charge in [0.1, 0.15) is 0 Å². The van der Waals surface area contributed by atoms with Crippen molar-refractivity contribution in [1.82, 2.24) is 0 Å². The van der Waals surface area contributed by atoms with Crippen molar-refractivity contribution in [1.29, 1.82) is 0 Å². The van der Waals surface area contributed by atoms with Gasteiger partial charge >= 0.3 is 17.1 Å². The fourth-order valence-corrected chi connectivity index (χ4v) is 0.263. The first-order chi connectivity index (χ1) is 4.04. The molecule has 5 nitrogen and oxygen atoms in total. The Kier molecular flexibility index (Phi) is 12.1. The first-order valence-electron chi connectivity index (χ1n) is 2.20. The molecule has 65 valence electrons. The number of carbonyl (C=O) groups is 2. The molecule has 0 bridgehead atoms. The number of nitrogens with two attached hydrogens (primary N) is 1. The third-order valence-electron chi connectivity index (χ3n) is 0.689. The van der Waals surface area contributed by atoms with Crippen LogP contribution in [0.5, 0.6) is 0 Å². The van der Waals surface area contributed by atoms with Crippen molar-refractivity contribution in [2.45, 2.75) is 12.5 Å².